The Labute approximate surface area is 127 Å². The minimum absolute atomic E-state index is 0.814. The van der Waals surface area contributed by atoms with Gasteiger partial charge in [0, 0.05) is 25.4 Å². The average Bonchev–Trinajstić information content (AvgIpc) is 2.41. The Bertz CT molecular complexity index is 922. The molecule has 92 valence electrons. The van der Waals surface area contributed by atoms with Gasteiger partial charge in [0.25, 0.3) is 0 Å². The van der Waals surface area contributed by atoms with Crippen molar-refractivity contribution < 1.29 is 0 Å². The standard InChI is InChI=1S/C16H9Br2N/c17-12-6-2-8-1-3-10-13(18)7-14(19)11-5-4-9(12)15(8)16(10)11/h1-7H,19H2. The summed E-state index contributed by atoms with van der Waals surface area (Å²) in [6, 6.07) is 14.8. The van der Waals surface area contributed by atoms with Crippen LogP contribution in [-0.4, -0.2) is 0 Å². The maximum absolute atomic E-state index is 6.16. The van der Waals surface area contributed by atoms with E-state index in [1.807, 2.05) is 6.07 Å². The summed E-state index contributed by atoms with van der Waals surface area (Å²) in [7, 11) is 0. The third kappa shape index (κ3) is 1.46. The van der Waals surface area contributed by atoms with Gasteiger partial charge >= 0.3 is 0 Å². The zero-order chi connectivity index (χ0) is 13.1. The predicted octanol–water partition coefficient (Wildman–Crippen LogP) is 5.69. The molecule has 4 aromatic carbocycles. The molecule has 4 rings (SSSR count). The van der Waals surface area contributed by atoms with Crippen LogP contribution in [0.1, 0.15) is 0 Å². The van der Waals surface area contributed by atoms with Gasteiger partial charge in [-0.3, -0.25) is 0 Å². The summed E-state index contributed by atoms with van der Waals surface area (Å²) in [6.45, 7) is 0. The van der Waals surface area contributed by atoms with Crippen LogP contribution < -0.4 is 5.73 Å². The monoisotopic (exact) mass is 373 g/mol. The molecule has 0 spiro atoms. The fourth-order valence-electron chi connectivity index (χ4n) is 2.84. The van der Waals surface area contributed by atoms with Gasteiger partial charge in [-0.05, 0) is 33.7 Å². The molecule has 1 nitrogen and oxygen atoms in total. The van der Waals surface area contributed by atoms with E-state index in [0.29, 0.717) is 0 Å². The molecule has 0 heterocycles. The summed E-state index contributed by atoms with van der Waals surface area (Å²) >= 11 is 7.25. The fraction of sp³-hybridized carbons (Fsp3) is 0. The zero-order valence-corrected chi connectivity index (χ0v) is 13.0. The number of anilines is 1. The van der Waals surface area contributed by atoms with E-state index < -0.39 is 0 Å². The van der Waals surface area contributed by atoms with Crippen molar-refractivity contribution in [2.75, 3.05) is 5.73 Å². The van der Waals surface area contributed by atoms with Crippen LogP contribution in [-0.2, 0) is 0 Å². The van der Waals surface area contributed by atoms with Gasteiger partial charge in [-0.1, -0.05) is 62.2 Å². The van der Waals surface area contributed by atoms with Crippen molar-refractivity contribution in [3.63, 3.8) is 0 Å². The number of nitrogens with two attached hydrogens (primary N) is 1. The highest BCUT2D eigenvalue weighted by Gasteiger charge is 2.13. The second kappa shape index (κ2) is 3.84. The molecule has 2 N–H and O–H groups in total. The van der Waals surface area contributed by atoms with Crippen LogP contribution in [0.5, 0.6) is 0 Å². The lowest BCUT2D eigenvalue weighted by molar-refractivity contribution is 1.71. The smallest absolute Gasteiger partial charge is 0.0405 e. The molecule has 0 amide bonds. The molecule has 0 aliphatic carbocycles. The average molecular weight is 375 g/mol. The van der Waals surface area contributed by atoms with E-state index >= 15 is 0 Å². The first-order valence-corrected chi connectivity index (χ1v) is 7.56. The maximum atomic E-state index is 6.16. The predicted molar refractivity (Wildman–Crippen MR) is 90.0 cm³/mol. The quantitative estimate of drug-likeness (QED) is 0.310. The number of benzene rings is 4. The van der Waals surface area contributed by atoms with Crippen LogP contribution in [0.2, 0.25) is 0 Å². The van der Waals surface area contributed by atoms with Crippen LogP contribution in [0.25, 0.3) is 32.3 Å². The molecule has 4 aromatic rings. The lowest BCUT2D eigenvalue weighted by atomic mass is 9.94. The van der Waals surface area contributed by atoms with E-state index in [-0.39, 0.29) is 0 Å². The minimum Gasteiger partial charge on any atom is -0.398 e. The highest BCUT2D eigenvalue weighted by Crippen LogP contribution is 2.41. The van der Waals surface area contributed by atoms with E-state index in [0.717, 1.165) is 20.0 Å². The molecule has 0 radical (unpaired) electrons. The van der Waals surface area contributed by atoms with E-state index in [4.69, 9.17) is 5.73 Å². The van der Waals surface area contributed by atoms with E-state index in [9.17, 15) is 0 Å². The van der Waals surface area contributed by atoms with Gasteiger partial charge in [-0.25, -0.2) is 0 Å². The van der Waals surface area contributed by atoms with E-state index in [1.165, 1.54) is 26.9 Å². The highest BCUT2D eigenvalue weighted by atomic mass is 79.9. The van der Waals surface area contributed by atoms with Crippen molar-refractivity contribution >= 4 is 69.9 Å². The summed E-state index contributed by atoms with van der Waals surface area (Å²) < 4.78 is 2.17. The molecule has 0 saturated heterocycles. The fourth-order valence-corrected chi connectivity index (χ4v) is 3.88. The second-order valence-corrected chi connectivity index (χ2v) is 6.45. The number of hydrogen-bond donors (Lipinski definition) is 1. The number of halogens is 2. The van der Waals surface area contributed by atoms with Crippen molar-refractivity contribution in [2.24, 2.45) is 0 Å². The van der Waals surface area contributed by atoms with Crippen molar-refractivity contribution in [3.05, 3.63) is 51.4 Å². The number of hydrogen-bond acceptors (Lipinski definition) is 1. The van der Waals surface area contributed by atoms with Gasteiger partial charge in [0.05, 0.1) is 0 Å². The van der Waals surface area contributed by atoms with Crippen LogP contribution in [0.3, 0.4) is 0 Å². The van der Waals surface area contributed by atoms with Crippen molar-refractivity contribution in [1.29, 1.82) is 0 Å². The number of rotatable bonds is 0. The van der Waals surface area contributed by atoms with Gasteiger partial charge in [-0.2, -0.15) is 0 Å². The Hall–Kier alpha value is -1.32. The topological polar surface area (TPSA) is 26.0 Å². The lowest BCUT2D eigenvalue weighted by Gasteiger charge is -2.14. The Morgan fingerprint density at radius 2 is 1.32 bits per heavy atom. The van der Waals surface area contributed by atoms with Crippen LogP contribution in [0.15, 0.2) is 51.4 Å². The summed E-state index contributed by atoms with van der Waals surface area (Å²) in [6.07, 6.45) is 0. The zero-order valence-electron chi connectivity index (χ0n) is 9.87. The molecule has 0 aliphatic rings. The summed E-state index contributed by atoms with van der Waals surface area (Å²) in [5.74, 6) is 0. The van der Waals surface area contributed by atoms with Crippen molar-refractivity contribution in [1.82, 2.24) is 0 Å². The molecule has 0 aliphatic heterocycles. The minimum atomic E-state index is 0.814. The van der Waals surface area contributed by atoms with Crippen LogP contribution >= 0.6 is 31.9 Å². The Kier molecular flexibility index (Phi) is 2.32. The second-order valence-electron chi connectivity index (χ2n) is 4.74. The molecule has 0 unspecified atom stereocenters. The Morgan fingerprint density at radius 1 is 0.684 bits per heavy atom. The number of nitrogen functional groups attached to an aromatic ring is 1. The molecule has 3 heteroatoms. The Balaban J connectivity index is 2.47. The van der Waals surface area contributed by atoms with Crippen molar-refractivity contribution in [3.8, 4) is 0 Å². The van der Waals surface area contributed by atoms with Gasteiger partial charge in [-0.15, -0.1) is 0 Å². The van der Waals surface area contributed by atoms with Crippen molar-refractivity contribution in [2.45, 2.75) is 0 Å². The summed E-state index contributed by atoms with van der Waals surface area (Å²) in [5, 5.41) is 7.32. The molecule has 0 fully saturated rings. The first-order valence-electron chi connectivity index (χ1n) is 5.98. The van der Waals surface area contributed by atoms with Gasteiger partial charge in [0.2, 0.25) is 0 Å². The maximum Gasteiger partial charge on any atom is 0.0405 e. The molecule has 0 bridgehead atoms. The third-order valence-corrected chi connectivity index (χ3v) is 5.06. The van der Waals surface area contributed by atoms with Gasteiger partial charge in [0.15, 0.2) is 0 Å². The molecule has 0 aromatic heterocycles. The highest BCUT2D eigenvalue weighted by molar-refractivity contribution is 9.11. The normalized spacial score (nSPS) is 11.9. The Morgan fingerprint density at radius 3 is 2.16 bits per heavy atom. The lowest BCUT2D eigenvalue weighted by Crippen LogP contribution is -1.91. The molecule has 0 saturated carbocycles. The molecule has 19 heavy (non-hydrogen) atoms. The SMILES string of the molecule is Nc1cc(Br)c2ccc3ccc(Br)c4ccc1c2c34. The van der Waals surface area contributed by atoms with Crippen LogP contribution in [0.4, 0.5) is 5.69 Å². The molecular formula is C16H9Br2N. The van der Waals surface area contributed by atoms with Gasteiger partial charge < -0.3 is 5.73 Å². The van der Waals surface area contributed by atoms with Gasteiger partial charge in [0.1, 0.15) is 0 Å². The largest absolute Gasteiger partial charge is 0.398 e. The first kappa shape index (κ1) is 11.5. The van der Waals surface area contributed by atoms with Crippen LogP contribution in [0, 0.1) is 0 Å². The molecular weight excluding hydrogens is 366 g/mol. The summed E-state index contributed by atoms with van der Waals surface area (Å²) in [5.41, 5.74) is 6.98. The molecule has 0 atom stereocenters. The van der Waals surface area contributed by atoms with E-state index in [2.05, 4.69) is 68.3 Å². The first-order chi connectivity index (χ1) is 9.16. The van der Waals surface area contributed by atoms with E-state index in [1.54, 1.807) is 0 Å². The summed E-state index contributed by atoms with van der Waals surface area (Å²) in [4.78, 5) is 0. The third-order valence-electron chi connectivity index (χ3n) is 3.71.